The molecule has 1 aromatic rings. The average Bonchev–Trinajstić information content (AvgIpc) is 3.01. The number of carboxylic acid groups (broad SMARTS) is 1. The zero-order valence-electron chi connectivity index (χ0n) is 9.18. The number of rotatable bonds is 4. The maximum absolute atomic E-state index is 11.1. The van der Waals surface area contributed by atoms with E-state index in [0.717, 1.165) is 6.54 Å². The number of nitrogens with two attached hydrogens (primary N) is 1. The van der Waals surface area contributed by atoms with Gasteiger partial charge in [0.2, 0.25) is 0 Å². The fourth-order valence-electron chi connectivity index (χ4n) is 1.71. The Hall–Kier alpha value is -1.78. The molecule has 1 aliphatic rings. The van der Waals surface area contributed by atoms with Gasteiger partial charge in [0, 0.05) is 13.6 Å². The Kier molecular flexibility index (Phi) is 2.68. The van der Waals surface area contributed by atoms with Crippen LogP contribution in [0.2, 0.25) is 0 Å². The number of anilines is 2. The second-order valence-electron chi connectivity index (χ2n) is 4.27. The molecule has 0 spiro atoms. The van der Waals surface area contributed by atoms with Gasteiger partial charge in [-0.3, -0.25) is 0 Å². The van der Waals surface area contributed by atoms with Crippen molar-refractivity contribution in [1.29, 1.82) is 0 Å². The Bertz CT molecular complexity index is 416. The Balaban J connectivity index is 2.26. The van der Waals surface area contributed by atoms with Gasteiger partial charge >= 0.3 is 5.97 Å². The fraction of sp³-hybridized carbons (Fsp3) is 0.455. The summed E-state index contributed by atoms with van der Waals surface area (Å²) in [5.41, 5.74) is 6.08. The predicted octanol–water partition coefficient (Wildman–Crippen LogP) is 1.21. The van der Waals surface area contributed by atoms with Gasteiger partial charge in [-0.05, 0) is 24.8 Å². The zero-order valence-corrected chi connectivity index (χ0v) is 9.18. The van der Waals surface area contributed by atoms with Crippen LogP contribution in [0.3, 0.4) is 0 Å². The molecule has 86 valence electrons. The summed E-state index contributed by atoms with van der Waals surface area (Å²) in [6, 6.07) is 1.45. The van der Waals surface area contributed by atoms with Gasteiger partial charge in [0.15, 0.2) is 0 Å². The van der Waals surface area contributed by atoms with Crippen LogP contribution in [0.15, 0.2) is 12.3 Å². The zero-order chi connectivity index (χ0) is 11.7. The van der Waals surface area contributed by atoms with Gasteiger partial charge in [0.25, 0.3) is 0 Å². The monoisotopic (exact) mass is 221 g/mol. The number of aromatic nitrogens is 1. The summed E-state index contributed by atoms with van der Waals surface area (Å²) in [7, 11) is 1.86. The summed E-state index contributed by atoms with van der Waals surface area (Å²) in [6.45, 7) is 0.858. The number of carboxylic acids is 1. The SMILES string of the molecule is CN(CC1CC1)c1ncc(N)cc1C(=O)O. The van der Waals surface area contributed by atoms with E-state index in [4.69, 9.17) is 10.8 Å². The van der Waals surface area contributed by atoms with E-state index in [1.807, 2.05) is 11.9 Å². The summed E-state index contributed by atoms with van der Waals surface area (Å²) in [4.78, 5) is 17.0. The molecule has 0 unspecified atom stereocenters. The van der Waals surface area contributed by atoms with Crippen molar-refractivity contribution in [3.05, 3.63) is 17.8 Å². The summed E-state index contributed by atoms with van der Waals surface area (Å²) >= 11 is 0. The van der Waals surface area contributed by atoms with Gasteiger partial charge in [0.1, 0.15) is 11.4 Å². The van der Waals surface area contributed by atoms with Crippen molar-refractivity contribution in [2.24, 2.45) is 5.92 Å². The third-order valence-corrected chi connectivity index (χ3v) is 2.71. The molecule has 1 aromatic heterocycles. The lowest BCUT2D eigenvalue weighted by molar-refractivity contribution is 0.0697. The highest BCUT2D eigenvalue weighted by Crippen LogP contribution is 2.31. The number of nitrogens with zero attached hydrogens (tertiary/aromatic N) is 2. The molecule has 0 saturated heterocycles. The number of hydrogen-bond donors (Lipinski definition) is 2. The van der Waals surface area contributed by atoms with Crippen LogP contribution in [-0.2, 0) is 0 Å². The number of carbonyl (C=O) groups is 1. The predicted molar refractivity (Wildman–Crippen MR) is 61.6 cm³/mol. The minimum atomic E-state index is -0.988. The lowest BCUT2D eigenvalue weighted by Crippen LogP contribution is -2.23. The maximum atomic E-state index is 11.1. The van der Waals surface area contributed by atoms with E-state index < -0.39 is 5.97 Å². The van der Waals surface area contributed by atoms with Crippen LogP contribution in [0.5, 0.6) is 0 Å². The van der Waals surface area contributed by atoms with Crippen LogP contribution in [-0.4, -0.2) is 29.7 Å². The normalized spacial score (nSPS) is 14.8. The lowest BCUT2D eigenvalue weighted by atomic mass is 10.2. The van der Waals surface area contributed by atoms with Crippen LogP contribution in [0, 0.1) is 5.92 Å². The first-order chi connectivity index (χ1) is 7.58. The highest BCUT2D eigenvalue weighted by Gasteiger charge is 2.25. The van der Waals surface area contributed by atoms with Crippen molar-refractivity contribution in [2.75, 3.05) is 24.2 Å². The van der Waals surface area contributed by atoms with E-state index >= 15 is 0 Å². The summed E-state index contributed by atoms with van der Waals surface area (Å²) < 4.78 is 0. The molecular weight excluding hydrogens is 206 g/mol. The Morgan fingerprint density at radius 3 is 2.94 bits per heavy atom. The summed E-state index contributed by atoms with van der Waals surface area (Å²) in [5.74, 6) is 0.192. The van der Waals surface area contributed by atoms with Crippen molar-refractivity contribution < 1.29 is 9.90 Å². The molecule has 2 rings (SSSR count). The highest BCUT2D eigenvalue weighted by molar-refractivity contribution is 5.94. The van der Waals surface area contributed by atoms with Crippen molar-refractivity contribution in [3.8, 4) is 0 Å². The van der Waals surface area contributed by atoms with E-state index in [0.29, 0.717) is 17.4 Å². The molecule has 0 atom stereocenters. The van der Waals surface area contributed by atoms with Crippen LogP contribution in [0.25, 0.3) is 0 Å². The van der Waals surface area contributed by atoms with Gasteiger partial charge in [-0.1, -0.05) is 0 Å². The minimum Gasteiger partial charge on any atom is -0.478 e. The molecule has 1 saturated carbocycles. The van der Waals surface area contributed by atoms with Crippen molar-refractivity contribution in [1.82, 2.24) is 4.98 Å². The first kappa shape index (κ1) is 10.7. The van der Waals surface area contributed by atoms with Crippen LogP contribution in [0.4, 0.5) is 11.5 Å². The molecule has 1 heterocycles. The summed E-state index contributed by atoms with van der Waals surface area (Å²) in [5, 5.41) is 9.07. The summed E-state index contributed by atoms with van der Waals surface area (Å²) in [6.07, 6.45) is 3.94. The number of nitrogen functional groups attached to an aromatic ring is 1. The standard InChI is InChI=1S/C11H15N3O2/c1-14(6-7-2-3-7)10-9(11(15)16)4-8(12)5-13-10/h4-5,7H,2-3,6,12H2,1H3,(H,15,16). The second kappa shape index (κ2) is 4.00. The molecule has 0 bridgehead atoms. The Morgan fingerprint density at radius 2 is 2.38 bits per heavy atom. The second-order valence-corrected chi connectivity index (χ2v) is 4.27. The van der Waals surface area contributed by atoms with E-state index in [2.05, 4.69) is 4.98 Å². The van der Waals surface area contributed by atoms with Crippen LogP contribution >= 0.6 is 0 Å². The van der Waals surface area contributed by atoms with Gasteiger partial charge in [-0.15, -0.1) is 0 Å². The van der Waals surface area contributed by atoms with Gasteiger partial charge < -0.3 is 15.7 Å². The largest absolute Gasteiger partial charge is 0.478 e. The fourth-order valence-corrected chi connectivity index (χ4v) is 1.71. The smallest absolute Gasteiger partial charge is 0.339 e. The Labute approximate surface area is 93.9 Å². The topological polar surface area (TPSA) is 79.5 Å². The minimum absolute atomic E-state index is 0.170. The van der Waals surface area contributed by atoms with Crippen molar-refractivity contribution in [3.63, 3.8) is 0 Å². The molecule has 3 N–H and O–H groups in total. The maximum Gasteiger partial charge on any atom is 0.339 e. The van der Waals surface area contributed by atoms with Crippen LogP contribution < -0.4 is 10.6 Å². The molecule has 5 heteroatoms. The van der Waals surface area contributed by atoms with Gasteiger partial charge in [0.05, 0.1) is 11.9 Å². The van der Waals surface area contributed by atoms with Crippen molar-refractivity contribution >= 4 is 17.5 Å². The molecule has 0 aromatic carbocycles. The average molecular weight is 221 g/mol. The third-order valence-electron chi connectivity index (χ3n) is 2.71. The molecule has 1 aliphatic carbocycles. The lowest BCUT2D eigenvalue weighted by Gasteiger charge is -2.19. The van der Waals surface area contributed by atoms with Gasteiger partial charge in [-0.25, -0.2) is 9.78 Å². The van der Waals surface area contributed by atoms with E-state index in [1.165, 1.54) is 25.1 Å². The number of hydrogen-bond acceptors (Lipinski definition) is 4. The van der Waals surface area contributed by atoms with Gasteiger partial charge in [-0.2, -0.15) is 0 Å². The molecular formula is C11H15N3O2. The quantitative estimate of drug-likeness (QED) is 0.798. The van der Waals surface area contributed by atoms with Crippen molar-refractivity contribution in [2.45, 2.75) is 12.8 Å². The molecule has 5 nitrogen and oxygen atoms in total. The first-order valence-corrected chi connectivity index (χ1v) is 5.28. The third kappa shape index (κ3) is 2.24. The van der Waals surface area contributed by atoms with E-state index in [-0.39, 0.29) is 5.56 Å². The van der Waals surface area contributed by atoms with E-state index in [1.54, 1.807) is 0 Å². The Morgan fingerprint density at radius 1 is 1.69 bits per heavy atom. The highest BCUT2D eigenvalue weighted by atomic mass is 16.4. The van der Waals surface area contributed by atoms with Crippen LogP contribution in [0.1, 0.15) is 23.2 Å². The molecule has 0 amide bonds. The van der Waals surface area contributed by atoms with E-state index in [9.17, 15) is 4.79 Å². The number of aromatic carboxylic acids is 1. The number of pyridine rings is 1. The molecule has 16 heavy (non-hydrogen) atoms. The molecule has 0 aliphatic heterocycles. The molecule has 1 fully saturated rings. The first-order valence-electron chi connectivity index (χ1n) is 5.28. The molecule has 0 radical (unpaired) electrons.